The van der Waals surface area contributed by atoms with Crippen LogP contribution in [0, 0.1) is 5.92 Å². The molecule has 0 atom stereocenters. The lowest BCUT2D eigenvalue weighted by atomic mass is 9.99. The average molecular weight is 345 g/mol. The summed E-state index contributed by atoms with van der Waals surface area (Å²) in [6, 6.07) is 7.31. The highest BCUT2D eigenvalue weighted by Crippen LogP contribution is 2.31. The molecule has 6 nitrogen and oxygen atoms in total. The Bertz CT molecular complexity index is 612. The Labute approximate surface area is 149 Å². The summed E-state index contributed by atoms with van der Waals surface area (Å²) in [7, 11) is 0. The van der Waals surface area contributed by atoms with E-state index in [2.05, 4.69) is 17.1 Å². The first-order valence-corrected chi connectivity index (χ1v) is 9.15. The molecule has 1 aromatic carbocycles. The maximum Gasteiger partial charge on any atom is 0.265 e. The van der Waals surface area contributed by atoms with Crippen LogP contribution in [-0.4, -0.2) is 56.0 Å². The fourth-order valence-electron chi connectivity index (χ4n) is 3.34. The third kappa shape index (κ3) is 4.72. The molecule has 6 heteroatoms. The van der Waals surface area contributed by atoms with Crippen LogP contribution in [0.25, 0.3) is 0 Å². The molecule has 0 spiro atoms. The van der Waals surface area contributed by atoms with Crippen LogP contribution in [0.5, 0.6) is 5.75 Å². The van der Waals surface area contributed by atoms with E-state index in [1.807, 2.05) is 18.2 Å². The second-order valence-corrected chi connectivity index (χ2v) is 6.96. The second kappa shape index (κ2) is 8.34. The number of piperidine rings is 1. The SMILES string of the molecule is CC1CCN(CCCNC(=O)CN2C(=O)COc3ccccc32)CC1. The molecule has 25 heavy (non-hydrogen) atoms. The largest absolute Gasteiger partial charge is 0.482 e. The van der Waals surface area contributed by atoms with E-state index in [0.29, 0.717) is 18.0 Å². The summed E-state index contributed by atoms with van der Waals surface area (Å²) in [6.07, 6.45) is 3.48. The van der Waals surface area contributed by atoms with Crippen molar-refractivity contribution >= 4 is 17.5 Å². The van der Waals surface area contributed by atoms with Crippen LogP contribution < -0.4 is 15.0 Å². The van der Waals surface area contributed by atoms with Gasteiger partial charge in [0.2, 0.25) is 5.91 Å². The summed E-state index contributed by atoms with van der Waals surface area (Å²) in [6.45, 7) is 6.32. The molecular formula is C19H27N3O3. The molecule has 0 unspecified atom stereocenters. The third-order valence-electron chi connectivity index (χ3n) is 4.96. The molecule has 0 bridgehead atoms. The number of carbonyl (C=O) groups is 2. The quantitative estimate of drug-likeness (QED) is 0.797. The first kappa shape index (κ1) is 17.7. The molecule has 2 amide bonds. The van der Waals surface area contributed by atoms with Crippen molar-refractivity contribution in [2.45, 2.75) is 26.2 Å². The van der Waals surface area contributed by atoms with Gasteiger partial charge in [-0.1, -0.05) is 19.1 Å². The summed E-state index contributed by atoms with van der Waals surface area (Å²) < 4.78 is 5.39. The summed E-state index contributed by atoms with van der Waals surface area (Å²) in [5.41, 5.74) is 0.663. The summed E-state index contributed by atoms with van der Waals surface area (Å²) in [4.78, 5) is 28.2. The minimum absolute atomic E-state index is 0.0162. The number of benzene rings is 1. The molecule has 2 aliphatic rings. The third-order valence-corrected chi connectivity index (χ3v) is 4.96. The molecule has 0 aliphatic carbocycles. The Morgan fingerprint density at radius 2 is 2.04 bits per heavy atom. The van der Waals surface area contributed by atoms with Crippen LogP contribution in [0.2, 0.25) is 0 Å². The minimum atomic E-state index is -0.184. The zero-order chi connectivity index (χ0) is 17.6. The summed E-state index contributed by atoms with van der Waals surface area (Å²) in [5, 5.41) is 2.93. The fraction of sp³-hybridized carbons (Fsp3) is 0.579. The van der Waals surface area contributed by atoms with Crippen molar-refractivity contribution in [2.75, 3.05) is 44.2 Å². The average Bonchev–Trinajstić information content (AvgIpc) is 2.63. The Hall–Kier alpha value is -2.08. The van der Waals surface area contributed by atoms with Crippen LogP contribution in [0.4, 0.5) is 5.69 Å². The van der Waals surface area contributed by atoms with E-state index < -0.39 is 0 Å². The number of likely N-dealkylation sites (tertiary alicyclic amines) is 1. The second-order valence-electron chi connectivity index (χ2n) is 6.96. The number of anilines is 1. The maximum atomic E-state index is 12.2. The highest BCUT2D eigenvalue weighted by atomic mass is 16.5. The van der Waals surface area contributed by atoms with Crippen molar-refractivity contribution in [3.8, 4) is 5.75 Å². The normalized spacial score (nSPS) is 18.6. The standard InChI is InChI=1S/C19H27N3O3/c1-15-7-11-21(12-8-15)10-4-9-20-18(23)13-22-16-5-2-3-6-17(16)25-14-19(22)24/h2-3,5-6,15H,4,7-14H2,1H3,(H,20,23). The van der Waals surface area contributed by atoms with Crippen molar-refractivity contribution in [1.82, 2.24) is 10.2 Å². The van der Waals surface area contributed by atoms with Crippen molar-refractivity contribution in [3.05, 3.63) is 24.3 Å². The molecule has 3 rings (SSSR count). The monoisotopic (exact) mass is 345 g/mol. The highest BCUT2D eigenvalue weighted by Gasteiger charge is 2.26. The molecule has 1 N–H and O–H groups in total. The molecule has 2 heterocycles. The Morgan fingerprint density at radius 3 is 2.84 bits per heavy atom. The van der Waals surface area contributed by atoms with Gasteiger partial charge in [-0.25, -0.2) is 0 Å². The van der Waals surface area contributed by atoms with Gasteiger partial charge in [-0.3, -0.25) is 14.5 Å². The van der Waals surface area contributed by atoms with Gasteiger partial charge in [0.1, 0.15) is 12.3 Å². The van der Waals surface area contributed by atoms with E-state index in [1.54, 1.807) is 6.07 Å². The Morgan fingerprint density at radius 1 is 1.28 bits per heavy atom. The number of amides is 2. The minimum Gasteiger partial charge on any atom is -0.482 e. The van der Waals surface area contributed by atoms with E-state index in [4.69, 9.17) is 4.74 Å². The summed E-state index contributed by atoms with van der Waals surface area (Å²) >= 11 is 0. The number of nitrogens with zero attached hydrogens (tertiary/aromatic N) is 2. The zero-order valence-electron chi connectivity index (χ0n) is 14.9. The number of nitrogens with one attached hydrogen (secondary N) is 1. The molecule has 1 fully saturated rings. The van der Waals surface area contributed by atoms with Gasteiger partial charge in [0, 0.05) is 6.54 Å². The number of ether oxygens (including phenoxy) is 1. The van der Waals surface area contributed by atoms with Gasteiger partial charge in [-0.05, 0) is 56.9 Å². The van der Waals surface area contributed by atoms with Gasteiger partial charge >= 0.3 is 0 Å². The lowest BCUT2D eigenvalue weighted by Gasteiger charge is -2.30. The molecular weight excluding hydrogens is 318 g/mol. The van der Waals surface area contributed by atoms with E-state index in [1.165, 1.54) is 17.7 Å². The van der Waals surface area contributed by atoms with Gasteiger partial charge < -0.3 is 15.0 Å². The number of fused-ring (bicyclic) bond motifs is 1. The Balaban J connectivity index is 1.41. The van der Waals surface area contributed by atoms with Gasteiger partial charge in [0.05, 0.1) is 5.69 Å². The fourth-order valence-corrected chi connectivity index (χ4v) is 3.34. The van der Waals surface area contributed by atoms with Gasteiger partial charge in [-0.15, -0.1) is 0 Å². The smallest absolute Gasteiger partial charge is 0.265 e. The van der Waals surface area contributed by atoms with Gasteiger partial charge in [-0.2, -0.15) is 0 Å². The number of rotatable bonds is 6. The molecule has 2 aliphatic heterocycles. The summed E-state index contributed by atoms with van der Waals surface area (Å²) in [5.74, 6) is 1.17. The number of para-hydroxylation sites is 2. The molecule has 1 aromatic rings. The molecule has 0 radical (unpaired) electrons. The molecule has 0 aromatic heterocycles. The van der Waals surface area contributed by atoms with Crippen LogP contribution in [-0.2, 0) is 9.59 Å². The van der Waals surface area contributed by atoms with Gasteiger partial charge in [0.25, 0.3) is 5.91 Å². The van der Waals surface area contributed by atoms with Crippen molar-refractivity contribution in [3.63, 3.8) is 0 Å². The van der Waals surface area contributed by atoms with Crippen LogP contribution >= 0.6 is 0 Å². The predicted octanol–water partition coefficient (Wildman–Crippen LogP) is 1.65. The van der Waals surface area contributed by atoms with Crippen molar-refractivity contribution in [1.29, 1.82) is 0 Å². The highest BCUT2D eigenvalue weighted by molar-refractivity contribution is 6.02. The van der Waals surface area contributed by atoms with E-state index >= 15 is 0 Å². The lowest BCUT2D eigenvalue weighted by Crippen LogP contribution is -2.45. The molecule has 1 saturated heterocycles. The Kier molecular flexibility index (Phi) is 5.91. The topological polar surface area (TPSA) is 61.9 Å². The van der Waals surface area contributed by atoms with E-state index in [-0.39, 0.29) is 25.0 Å². The number of carbonyl (C=O) groups excluding carboxylic acids is 2. The van der Waals surface area contributed by atoms with Crippen LogP contribution in [0.1, 0.15) is 26.2 Å². The molecule has 136 valence electrons. The van der Waals surface area contributed by atoms with Crippen LogP contribution in [0.3, 0.4) is 0 Å². The maximum absolute atomic E-state index is 12.2. The van der Waals surface area contributed by atoms with Crippen molar-refractivity contribution in [2.24, 2.45) is 5.92 Å². The molecule has 0 saturated carbocycles. The van der Waals surface area contributed by atoms with Crippen LogP contribution in [0.15, 0.2) is 24.3 Å². The first-order chi connectivity index (χ1) is 12.1. The number of hydrogen-bond donors (Lipinski definition) is 1. The first-order valence-electron chi connectivity index (χ1n) is 9.15. The zero-order valence-corrected chi connectivity index (χ0v) is 14.9. The predicted molar refractivity (Wildman–Crippen MR) is 96.8 cm³/mol. The van der Waals surface area contributed by atoms with E-state index in [0.717, 1.165) is 32.0 Å². The van der Waals surface area contributed by atoms with Gasteiger partial charge in [0.15, 0.2) is 6.61 Å². The lowest BCUT2D eigenvalue weighted by molar-refractivity contribution is -0.125. The van der Waals surface area contributed by atoms with E-state index in [9.17, 15) is 9.59 Å². The van der Waals surface area contributed by atoms with Crippen molar-refractivity contribution < 1.29 is 14.3 Å². The number of hydrogen-bond acceptors (Lipinski definition) is 4.